The second-order valence-electron chi connectivity index (χ2n) is 0.100. The molecule has 0 unspecified atom stereocenters. The summed E-state index contributed by atoms with van der Waals surface area (Å²) in [6.07, 6.45) is 0.750. The van der Waals surface area contributed by atoms with Gasteiger partial charge in [0.25, 0.3) is 6.26 Å². The minimum Gasteiger partial charge on any atom is -0.443 e. The molecule has 0 amide bonds. The predicted octanol–water partition coefficient (Wildman–Crippen LogP) is 0.375. The van der Waals surface area contributed by atoms with Gasteiger partial charge in [-0.05, 0) is 0 Å². The Balaban J connectivity index is -0.0000000200. The van der Waals surface area contributed by atoms with Crippen LogP contribution in [0, 0.1) is 11.5 Å². The number of hydrogen-bond acceptors (Lipinski definition) is 2. The summed E-state index contributed by atoms with van der Waals surface area (Å²) in [6.45, 7) is 0. The van der Waals surface area contributed by atoms with Gasteiger partial charge in [-0.2, -0.15) is 18.8 Å². The van der Waals surface area contributed by atoms with Crippen molar-refractivity contribution in [1.82, 2.24) is 0 Å². The van der Waals surface area contributed by atoms with Gasteiger partial charge < -0.3 is 5.11 Å². The summed E-state index contributed by atoms with van der Waals surface area (Å²) >= 11 is 0. The molecule has 0 aromatic heterocycles. The van der Waals surface area contributed by atoms with Crippen molar-refractivity contribution in [2.24, 2.45) is 0 Å². The van der Waals surface area contributed by atoms with E-state index >= 15 is 0 Å². The normalized spacial score (nSPS) is 1.40. The zero-order chi connectivity index (χ0) is 2.71. The lowest BCUT2D eigenvalue weighted by Gasteiger charge is -1.25. The van der Waals surface area contributed by atoms with Crippen LogP contribution in [0.3, 0.4) is 0 Å². The largest absolute Gasteiger partial charge is 0.443 e. The van der Waals surface area contributed by atoms with Gasteiger partial charge in [-0.25, -0.2) is 0 Å². The summed E-state index contributed by atoms with van der Waals surface area (Å²) in [7, 11) is 0. The van der Waals surface area contributed by atoms with Gasteiger partial charge in [-0.3, -0.25) is 0 Å². The van der Waals surface area contributed by atoms with Crippen LogP contribution in [-0.2, 0) is 0 Å². The maximum atomic E-state index is 6.88. The highest BCUT2D eigenvalue weighted by Crippen LogP contribution is 1.06. The number of aliphatic hydroxyl groups is 1. The molecule has 0 bridgehead atoms. The number of rotatable bonds is 0. The molecule has 0 rings (SSSR count). The Morgan fingerprint density at radius 1 is 1.60 bits per heavy atom. The SMILES string of the molecule is Cl.N#CO.S. The Morgan fingerprint density at radius 2 is 1.60 bits per heavy atom. The Bertz CT molecular complexity index is 33.1. The van der Waals surface area contributed by atoms with Crippen LogP contribution in [0.5, 0.6) is 0 Å². The number of nitriles is 1. The van der Waals surface area contributed by atoms with Crippen molar-refractivity contribution < 1.29 is 5.11 Å². The van der Waals surface area contributed by atoms with E-state index in [9.17, 15) is 0 Å². The Hall–Kier alpha value is -0.0700. The van der Waals surface area contributed by atoms with Gasteiger partial charge in [0.1, 0.15) is 0 Å². The molecular weight excluding hydrogens is 110 g/mol. The van der Waals surface area contributed by atoms with Gasteiger partial charge in [-0.15, -0.1) is 12.4 Å². The van der Waals surface area contributed by atoms with Gasteiger partial charge >= 0.3 is 0 Å². The first-order valence-corrected chi connectivity index (χ1v) is 0.447. The van der Waals surface area contributed by atoms with E-state index in [1.54, 1.807) is 0 Å². The number of halogens is 1. The molecule has 1 N–H and O–H groups in total. The molecule has 0 saturated heterocycles. The summed E-state index contributed by atoms with van der Waals surface area (Å²) in [4.78, 5) is 0. The second-order valence-corrected chi connectivity index (χ2v) is 0.100. The van der Waals surface area contributed by atoms with Crippen LogP contribution in [0.4, 0.5) is 0 Å². The number of nitrogens with zero attached hydrogens (tertiary/aromatic N) is 1. The molecule has 0 spiro atoms. The van der Waals surface area contributed by atoms with Crippen molar-refractivity contribution in [1.29, 1.82) is 5.26 Å². The average Bonchev–Trinajstić information content (AvgIpc) is 0.918. The van der Waals surface area contributed by atoms with E-state index in [-0.39, 0.29) is 25.9 Å². The van der Waals surface area contributed by atoms with E-state index in [1.165, 1.54) is 0 Å². The molecule has 0 radical (unpaired) electrons. The summed E-state index contributed by atoms with van der Waals surface area (Å²) in [5.74, 6) is 0. The molecule has 0 aliphatic carbocycles. The first kappa shape index (κ1) is 20.4. The lowest BCUT2D eigenvalue weighted by atomic mass is 11.6. The minimum atomic E-state index is 0. The van der Waals surface area contributed by atoms with Crippen LogP contribution in [-0.4, -0.2) is 5.11 Å². The van der Waals surface area contributed by atoms with E-state index in [4.69, 9.17) is 10.4 Å². The third-order valence-electron chi connectivity index (χ3n) is 0. The fourth-order valence-corrected chi connectivity index (χ4v) is 0. The highest BCUT2D eigenvalue weighted by atomic mass is 35.5. The lowest BCUT2D eigenvalue weighted by Crippen LogP contribution is -1.27. The Morgan fingerprint density at radius 3 is 1.60 bits per heavy atom. The first-order chi connectivity index (χ1) is 1.41. The summed E-state index contributed by atoms with van der Waals surface area (Å²) in [6, 6.07) is 0. The first-order valence-electron chi connectivity index (χ1n) is 0.447. The molecule has 32 valence electrons. The molecule has 0 aliphatic rings. The zero-order valence-electron chi connectivity index (χ0n) is 2.30. The maximum Gasteiger partial charge on any atom is 0.283 e. The van der Waals surface area contributed by atoms with Gasteiger partial charge in [0, 0.05) is 0 Å². The summed E-state index contributed by atoms with van der Waals surface area (Å²) < 4.78 is 0. The monoisotopic (exact) mass is 113 g/mol. The van der Waals surface area contributed by atoms with Crippen LogP contribution in [0.2, 0.25) is 0 Å². The van der Waals surface area contributed by atoms with Crippen molar-refractivity contribution in [2.45, 2.75) is 0 Å². The fraction of sp³-hybridized carbons (Fsp3) is 0. The van der Waals surface area contributed by atoms with E-state index in [0.717, 1.165) is 6.26 Å². The molecular formula is CH4ClNOS. The third kappa shape index (κ3) is 2990. The molecule has 0 fully saturated rings. The highest BCUT2D eigenvalue weighted by molar-refractivity contribution is 7.59. The second kappa shape index (κ2) is 39.0. The molecule has 0 atom stereocenters. The predicted molar refractivity (Wildman–Crippen MR) is 25.2 cm³/mol. The smallest absolute Gasteiger partial charge is 0.283 e. The van der Waals surface area contributed by atoms with E-state index in [1.807, 2.05) is 0 Å². The molecule has 0 aliphatic heterocycles. The standard InChI is InChI=1S/CHNO.ClH.H2S/c2-1-3;;/h3H;1H;1H2. The number of hydrogen-bond donors (Lipinski definition) is 1. The van der Waals surface area contributed by atoms with Crippen molar-refractivity contribution >= 4 is 25.9 Å². The molecule has 0 aromatic rings. The molecule has 0 heterocycles. The fourth-order valence-electron chi connectivity index (χ4n) is 0. The highest BCUT2D eigenvalue weighted by Gasteiger charge is 1.16. The minimum absolute atomic E-state index is 0. The van der Waals surface area contributed by atoms with E-state index in [0.29, 0.717) is 0 Å². The maximum absolute atomic E-state index is 6.88. The lowest BCUT2D eigenvalue weighted by molar-refractivity contribution is 0.503. The van der Waals surface area contributed by atoms with Crippen molar-refractivity contribution in [3.63, 3.8) is 0 Å². The summed E-state index contributed by atoms with van der Waals surface area (Å²) in [5, 5.41) is 13.8. The zero-order valence-corrected chi connectivity index (χ0v) is 4.12. The van der Waals surface area contributed by atoms with E-state index in [2.05, 4.69) is 0 Å². The van der Waals surface area contributed by atoms with Gasteiger partial charge in [0.2, 0.25) is 0 Å². The molecule has 0 aromatic carbocycles. The van der Waals surface area contributed by atoms with E-state index < -0.39 is 0 Å². The molecule has 4 heteroatoms. The molecule has 0 saturated carbocycles. The quantitative estimate of drug-likeness (QED) is 0.462. The molecule has 2 nitrogen and oxygen atoms in total. The van der Waals surface area contributed by atoms with Crippen LogP contribution in [0.1, 0.15) is 0 Å². The van der Waals surface area contributed by atoms with Crippen molar-refractivity contribution in [3.8, 4) is 6.26 Å². The van der Waals surface area contributed by atoms with Crippen LogP contribution < -0.4 is 0 Å². The van der Waals surface area contributed by atoms with Gasteiger partial charge in [0.05, 0.1) is 0 Å². The van der Waals surface area contributed by atoms with Gasteiger partial charge in [0.15, 0.2) is 0 Å². The van der Waals surface area contributed by atoms with Crippen LogP contribution in [0.25, 0.3) is 0 Å². The average molecular weight is 114 g/mol. The molecule has 5 heavy (non-hydrogen) atoms. The van der Waals surface area contributed by atoms with Crippen molar-refractivity contribution in [2.75, 3.05) is 0 Å². The van der Waals surface area contributed by atoms with Crippen LogP contribution >= 0.6 is 25.9 Å². The number of aliphatic hydroxyl groups excluding tert-OH is 1. The Labute approximate surface area is 43.3 Å². The third-order valence-corrected chi connectivity index (χ3v) is 0. The van der Waals surface area contributed by atoms with Gasteiger partial charge in [-0.1, -0.05) is 0 Å². The van der Waals surface area contributed by atoms with Crippen molar-refractivity contribution in [3.05, 3.63) is 0 Å². The Kier molecular flexibility index (Phi) is 159. The topological polar surface area (TPSA) is 44.0 Å². The van der Waals surface area contributed by atoms with Crippen LogP contribution in [0.15, 0.2) is 0 Å². The summed E-state index contributed by atoms with van der Waals surface area (Å²) in [5.41, 5.74) is 0.